The second kappa shape index (κ2) is 4.87. The molecule has 0 aliphatic carbocycles. The van der Waals surface area contributed by atoms with Gasteiger partial charge in [-0.05, 0) is 24.6 Å². The Morgan fingerprint density at radius 3 is 2.67 bits per heavy atom. The highest BCUT2D eigenvalue weighted by Gasteiger charge is 2.38. The van der Waals surface area contributed by atoms with E-state index in [2.05, 4.69) is 0 Å². The van der Waals surface area contributed by atoms with Gasteiger partial charge < -0.3 is 14.9 Å². The molecule has 2 rings (SSSR count). The van der Waals surface area contributed by atoms with Crippen molar-refractivity contribution in [3.63, 3.8) is 0 Å². The lowest BCUT2D eigenvalue weighted by Gasteiger charge is -2.16. The molecule has 1 saturated heterocycles. The van der Waals surface area contributed by atoms with Crippen LogP contribution in [0.4, 0.5) is 0 Å². The normalized spacial score (nSPS) is 27.9. The van der Waals surface area contributed by atoms with Crippen LogP contribution in [-0.4, -0.2) is 42.3 Å². The minimum atomic E-state index is -3.22. The van der Waals surface area contributed by atoms with Crippen molar-refractivity contribution in [2.75, 3.05) is 11.5 Å². The van der Waals surface area contributed by atoms with E-state index in [1.807, 2.05) is 0 Å². The number of hydrogen-bond donors (Lipinski definition) is 2. The highest BCUT2D eigenvalue weighted by molar-refractivity contribution is 7.91. The molecule has 0 aromatic heterocycles. The van der Waals surface area contributed by atoms with Gasteiger partial charge in [0.25, 0.3) is 0 Å². The smallest absolute Gasteiger partial charge is 0.156 e. The van der Waals surface area contributed by atoms with Gasteiger partial charge in [0, 0.05) is 0 Å². The largest absolute Gasteiger partial charge is 0.487 e. The highest BCUT2D eigenvalue weighted by atomic mass is 32.2. The topological polar surface area (TPSA) is 83.8 Å². The quantitative estimate of drug-likeness (QED) is 0.825. The predicted molar refractivity (Wildman–Crippen MR) is 66.2 cm³/mol. The standard InChI is InChI=1S/C12H16O5S/c1-8(13)9-3-2-4-10(5-9)17-12-7-18(15,16)6-11(12)14/h2-5,8,11-14H,6-7H2,1H3/t8-,11?,12?/m0/s1. The summed E-state index contributed by atoms with van der Waals surface area (Å²) in [7, 11) is -3.22. The molecule has 0 radical (unpaired) electrons. The van der Waals surface area contributed by atoms with Crippen LogP contribution in [0.25, 0.3) is 0 Å². The molecule has 1 aromatic carbocycles. The van der Waals surface area contributed by atoms with Crippen molar-refractivity contribution in [2.45, 2.75) is 25.2 Å². The van der Waals surface area contributed by atoms with Crippen LogP contribution in [0, 0.1) is 0 Å². The zero-order chi connectivity index (χ0) is 13.3. The molecule has 0 spiro atoms. The minimum Gasteiger partial charge on any atom is -0.487 e. The highest BCUT2D eigenvalue weighted by Crippen LogP contribution is 2.23. The molecule has 18 heavy (non-hydrogen) atoms. The molecule has 3 atom stereocenters. The lowest BCUT2D eigenvalue weighted by molar-refractivity contribution is 0.0735. The summed E-state index contributed by atoms with van der Waals surface area (Å²) in [4.78, 5) is 0. The minimum absolute atomic E-state index is 0.174. The lowest BCUT2D eigenvalue weighted by Crippen LogP contribution is -2.29. The second-order valence-corrected chi connectivity index (χ2v) is 6.70. The van der Waals surface area contributed by atoms with E-state index in [9.17, 15) is 18.6 Å². The van der Waals surface area contributed by atoms with E-state index in [0.29, 0.717) is 11.3 Å². The van der Waals surface area contributed by atoms with E-state index in [0.717, 1.165) is 0 Å². The summed E-state index contributed by atoms with van der Waals surface area (Å²) in [5.41, 5.74) is 0.683. The average Bonchev–Trinajstić information content (AvgIpc) is 2.52. The molecule has 1 fully saturated rings. The maximum atomic E-state index is 11.3. The van der Waals surface area contributed by atoms with Crippen LogP contribution in [-0.2, 0) is 9.84 Å². The van der Waals surface area contributed by atoms with Crippen LogP contribution >= 0.6 is 0 Å². The molecule has 6 heteroatoms. The van der Waals surface area contributed by atoms with Crippen molar-refractivity contribution >= 4 is 9.84 Å². The molecular formula is C12H16O5S. The number of hydrogen-bond acceptors (Lipinski definition) is 5. The Balaban J connectivity index is 2.13. The van der Waals surface area contributed by atoms with Crippen LogP contribution in [0.3, 0.4) is 0 Å². The van der Waals surface area contributed by atoms with Gasteiger partial charge in [-0.15, -0.1) is 0 Å². The summed E-state index contributed by atoms with van der Waals surface area (Å²) in [5.74, 6) is 0.0236. The van der Waals surface area contributed by atoms with Gasteiger partial charge in [0.05, 0.1) is 17.6 Å². The molecule has 0 bridgehead atoms. The van der Waals surface area contributed by atoms with Gasteiger partial charge in [-0.1, -0.05) is 12.1 Å². The fourth-order valence-electron chi connectivity index (χ4n) is 1.93. The number of aliphatic hydroxyl groups is 2. The van der Waals surface area contributed by atoms with Gasteiger partial charge in [-0.25, -0.2) is 8.42 Å². The van der Waals surface area contributed by atoms with Crippen molar-refractivity contribution in [3.8, 4) is 5.75 Å². The third-order valence-corrected chi connectivity index (χ3v) is 4.59. The van der Waals surface area contributed by atoms with Gasteiger partial charge in [0.15, 0.2) is 9.84 Å². The van der Waals surface area contributed by atoms with Crippen LogP contribution in [0.2, 0.25) is 0 Å². The molecule has 5 nitrogen and oxygen atoms in total. The third kappa shape index (κ3) is 3.01. The molecule has 1 aromatic rings. The Hall–Kier alpha value is -1.11. The van der Waals surface area contributed by atoms with E-state index in [-0.39, 0.29) is 11.5 Å². The monoisotopic (exact) mass is 272 g/mol. The third-order valence-electron chi connectivity index (χ3n) is 2.90. The van der Waals surface area contributed by atoms with Crippen molar-refractivity contribution in [1.82, 2.24) is 0 Å². The zero-order valence-corrected chi connectivity index (χ0v) is 10.8. The lowest BCUT2D eigenvalue weighted by atomic mass is 10.1. The van der Waals surface area contributed by atoms with Crippen LogP contribution < -0.4 is 4.74 Å². The molecule has 2 N–H and O–H groups in total. The molecule has 0 amide bonds. The van der Waals surface area contributed by atoms with E-state index in [1.165, 1.54) is 0 Å². The predicted octanol–water partition coefficient (Wildman–Crippen LogP) is 0.277. The van der Waals surface area contributed by atoms with Gasteiger partial charge in [-0.3, -0.25) is 0 Å². The maximum Gasteiger partial charge on any atom is 0.156 e. The summed E-state index contributed by atoms with van der Waals surface area (Å²) >= 11 is 0. The Morgan fingerprint density at radius 2 is 2.11 bits per heavy atom. The Bertz CT molecular complexity index is 523. The molecule has 1 aliphatic heterocycles. The van der Waals surface area contributed by atoms with Crippen LogP contribution in [0.15, 0.2) is 24.3 Å². The first-order chi connectivity index (χ1) is 8.37. The number of rotatable bonds is 3. The van der Waals surface area contributed by atoms with Crippen LogP contribution in [0.1, 0.15) is 18.6 Å². The average molecular weight is 272 g/mol. The second-order valence-electron chi connectivity index (χ2n) is 4.55. The summed E-state index contributed by atoms with van der Waals surface area (Å²) in [6, 6.07) is 6.78. The Labute approximate surface area is 106 Å². The number of ether oxygens (including phenoxy) is 1. The summed E-state index contributed by atoms with van der Waals surface area (Å²) in [6.45, 7) is 1.63. The summed E-state index contributed by atoms with van der Waals surface area (Å²) in [5, 5.41) is 19.1. The van der Waals surface area contributed by atoms with E-state index >= 15 is 0 Å². The summed E-state index contributed by atoms with van der Waals surface area (Å²) < 4.78 is 28.1. The Morgan fingerprint density at radius 1 is 1.39 bits per heavy atom. The fourth-order valence-corrected chi connectivity index (χ4v) is 3.59. The molecule has 100 valence electrons. The van der Waals surface area contributed by atoms with Crippen LogP contribution in [0.5, 0.6) is 5.75 Å². The molecule has 0 saturated carbocycles. The number of benzene rings is 1. The number of aliphatic hydroxyl groups excluding tert-OH is 2. The van der Waals surface area contributed by atoms with Gasteiger partial charge in [0.1, 0.15) is 18.0 Å². The molecule has 1 heterocycles. The van der Waals surface area contributed by atoms with E-state index < -0.39 is 28.1 Å². The first-order valence-corrected chi connectivity index (χ1v) is 7.53. The zero-order valence-electron chi connectivity index (χ0n) is 9.98. The van der Waals surface area contributed by atoms with Crippen molar-refractivity contribution < 1.29 is 23.4 Å². The van der Waals surface area contributed by atoms with Crippen molar-refractivity contribution in [1.29, 1.82) is 0 Å². The SMILES string of the molecule is C[C@H](O)c1cccc(OC2CS(=O)(=O)CC2O)c1. The van der Waals surface area contributed by atoms with Gasteiger partial charge in [0.2, 0.25) is 0 Å². The van der Waals surface area contributed by atoms with Crippen molar-refractivity contribution in [2.24, 2.45) is 0 Å². The molecular weight excluding hydrogens is 256 g/mol. The van der Waals surface area contributed by atoms with Gasteiger partial charge in [-0.2, -0.15) is 0 Å². The summed E-state index contributed by atoms with van der Waals surface area (Å²) in [6.07, 6.45) is -2.35. The fraction of sp³-hybridized carbons (Fsp3) is 0.500. The number of sulfone groups is 1. The first kappa shape index (κ1) is 13.3. The molecule has 1 aliphatic rings. The van der Waals surface area contributed by atoms with E-state index in [4.69, 9.17) is 4.74 Å². The maximum absolute atomic E-state index is 11.3. The molecule has 2 unspecified atom stereocenters. The van der Waals surface area contributed by atoms with Gasteiger partial charge >= 0.3 is 0 Å². The van der Waals surface area contributed by atoms with Crippen molar-refractivity contribution in [3.05, 3.63) is 29.8 Å². The van der Waals surface area contributed by atoms with E-state index in [1.54, 1.807) is 31.2 Å². The first-order valence-electron chi connectivity index (χ1n) is 5.70. The Kier molecular flexibility index (Phi) is 3.61.